The molecule has 0 saturated carbocycles. The molecule has 0 radical (unpaired) electrons. The Bertz CT molecular complexity index is 376. The molecule has 1 N–H and O–H groups in total. The molecule has 1 rings (SSSR count). The molecule has 4 nitrogen and oxygen atoms in total. The van der Waals surface area contributed by atoms with Gasteiger partial charge in [0.25, 0.3) is 0 Å². The zero-order valence-corrected chi connectivity index (χ0v) is 11.0. The molecular weight excluding hydrogens is 217 g/mol. The van der Waals surface area contributed by atoms with E-state index in [1.54, 1.807) is 0 Å². The molecule has 0 aromatic heterocycles. The van der Waals surface area contributed by atoms with Crippen molar-refractivity contribution in [2.45, 2.75) is 6.54 Å². The number of aliphatic carboxylic acids is 1. The van der Waals surface area contributed by atoms with Crippen LogP contribution in [0.2, 0.25) is 0 Å². The molecule has 1 amide bonds. The number of rotatable bonds is 4. The molecule has 1 aromatic carbocycles. The van der Waals surface area contributed by atoms with E-state index in [0.29, 0.717) is 12.6 Å². The average Bonchev–Trinajstić information content (AvgIpc) is 2.25. The van der Waals surface area contributed by atoms with Gasteiger partial charge in [-0.1, -0.05) is 30.3 Å². The largest absolute Gasteiger partial charge is 1.00 e. The van der Waals surface area contributed by atoms with E-state index in [1.165, 1.54) is 0 Å². The normalized spacial score (nSPS) is 9.50. The second kappa shape index (κ2) is 8.10. The Balaban J connectivity index is 0.00000225. The van der Waals surface area contributed by atoms with Gasteiger partial charge in [0.05, 0.1) is 5.97 Å². The minimum Gasteiger partial charge on any atom is -0.545 e. The van der Waals surface area contributed by atoms with Crippen molar-refractivity contribution in [1.82, 2.24) is 5.32 Å². The smallest absolute Gasteiger partial charge is 0.545 e. The molecule has 0 atom stereocenters. The van der Waals surface area contributed by atoms with E-state index in [1.807, 2.05) is 30.3 Å². The molecule has 0 bridgehead atoms. The molecule has 0 spiro atoms. The number of carbonyl (C=O) groups excluding carboxylic acids is 2. The van der Waals surface area contributed by atoms with Crippen molar-refractivity contribution in [2.24, 2.45) is 0 Å². The summed E-state index contributed by atoms with van der Waals surface area (Å²) in [5.41, 5.74) is 0.952. The van der Waals surface area contributed by atoms with Crippen molar-refractivity contribution in [1.29, 1.82) is 0 Å². The number of carboxylic acids is 1. The molecular formula is C11H10NNaO3. The fraction of sp³-hybridized carbons (Fsp3) is 0.0909. The Labute approximate surface area is 116 Å². The number of carbonyl (C=O) groups is 2. The first-order valence-corrected chi connectivity index (χ1v) is 4.39. The zero-order chi connectivity index (χ0) is 11.1. The second-order valence-electron chi connectivity index (χ2n) is 2.86. The van der Waals surface area contributed by atoms with Crippen LogP contribution in [0.25, 0.3) is 0 Å². The van der Waals surface area contributed by atoms with Gasteiger partial charge in [0.1, 0.15) is 0 Å². The molecule has 0 heterocycles. The third-order valence-electron chi connectivity index (χ3n) is 1.68. The fourth-order valence-corrected chi connectivity index (χ4v) is 0.988. The van der Waals surface area contributed by atoms with Gasteiger partial charge in [-0.25, -0.2) is 0 Å². The number of hydrogen-bond donors (Lipinski definition) is 1. The number of amides is 1. The summed E-state index contributed by atoms with van der Waals surface area (Å²) in [7, 11) is 0. The monoisotopic (exact) mass is 227 g/mol. The number of carboxylic acid groups (broad SMARTS) is 1. The van der Waals surface area contributed by atoms with Crippen LogP contribution in [0, 0.1) is 0 Å². The summed E-state index contributed by atoms with van der Waals surface area (Å²) >= 11 is 0. The van der Waals surface area contributed by atoms with Gasteiger partial charge in [-0.05, 0) is 11.6 Å². The van der Waals surface area contributed by atoms with E-state index in [-0.39, 0.29) is 29.6 Å². The maximum absolute atomic E-state index is 11.0. The first-order chi connectivity index (χ1) is 7.18. The Hall–Kier alpha value is -1.10. The van der Waals surface area contributed by atoms with Gasteiger partial charge in [0, 0.05) is 12.6 Å². The van der Waals surface area contributed by atoms with Gasteiger partial charge < -0.3 is 15.2 Å². The van der Waals surface area contributed by atoms with Crippen molar-refractivity contribution >= 4 is 11.9 Å². The first kappa shape index (κ1) is 14.9. The van der Waals surface area contributed by atoms with E-state index >= 15 is 0 Å². The van der Waals surface area contributed by atoms with Gasteiger partial charge in [-0.3, -0.25) is 4.79 Å². The molecule has 5 heteroatoms. The van der Waals surface area contributed by atoms with Gasteiger partial charge >= 0.3 is 29.6 Å². The molecule has 0 unspecified atom stereocenters. The topological polar surface area (TPSA) is 69.2 Å². The SMILES string of the molecule is O=C([O-])/C=C\C(=O)NCc1ccccc1.[Na+]. The summed E-state index contributed by atoms with van der Waals surface area (Å²) < 4.78 is 0. The summed E-state index contributed by atoms with van der Waals surface area (Å²) in [6, 6.07) is 9.32. The van der Waals surface area contributed by atoms with Crippen LogP contribution in [-0.4, -0.2) is 11.9 Å². The van der Waals surface area contributed by atoms with E-state index < -0.39 is 11.9 Å². The molecule has 0 aliphatic carbocycles. The second-order valence-corrected chi connectivity index (χ2v) is 2.86. The van der Waals surface area contributed by atoms with Crippen LogP contribution < -0.4 is 40.0 Å². The Morgan fingerprint density at radius 3 is 2.38 bits per heavy atom. The Morgan fingerprint density at radius 1 is 1.19 bits per heavy atom. The molecule has 78 valence electrons. The maximum atomic E-state index is 11.0. The van der Waals surface area contributed by atoms with Gasteiger partial charge in [0.15, 0.2) is 0 Å². The molecule has 0 saturated heterocycles. The Kier molecular flexibility index (Phi) is 7.54. The molecule has 1 aromatic rings. The van der Waals surface area contributed by atoms with Crippen LogP contribution in [0.5, 0.6) is 0 Å². The van der Waals surface area contributed by atoms with Crippen LogP contribution in [0.4, 0.5) is 0 Å². The maximum Gasteiger partial charge on any atom is 1.00 e. The molecule has 16 heavy (non-hydrogen) atoms. The van der Waals surface area contributed by atoms with E-state index in [2.05, 4.69) is 5.32 Å². The van der Waals surface area contributed by atoms with Crippen LogP contribution in [0.3, 0.4) is 0 Å². The van der Waals surface area contributed by atoms with Crippen molar-refractivity contribution < 1.29 is 44.3 Å². The van der Waals surface area contributed by atoms with E-state index in [9.17, 15) is 14.7 Å². The predicted molar refractivity (Wildman–Crippen MR) is 52.4 cm³/mol. The summed E-state index contributed by atoms with van der Waals surface area (Å²) in [6.07, 6.45) is 1.62. The summed E-state index contributed by atoms with van der Waals surface area (Å²) in [5.74, 6) is -1.84. The van der Waals surface area contributed by atoms with E-state index in [4.69, 9.17) is 0 Å². The van der Waals surface area contributed by atoms with E-state index in [0.717, 1.165) is 11.6 Å². The summed E-state index contributed by atoms with van der Waals surface area (Å²) in [6.45, 7) is 0.372. The number of nitrogens with one attached hydrogen (secondary N) is 1. The third kappa shape index (κ3) is 6.40. The third-order valence-corrected chi connectivity index (χ3v) is 1.68. The fourth-order valence-electron chi connectivity index (χ4n) is 0.988. The minimum atomic E-state index is -1.38. The minimum absolute atomic E-state index is 0. The quantitative estimate of drug-likeness (QED) is 0.431. The van der Waals surface area contributed by atoms with Crippen molar-refractivity contribution in [3.8, 4) is 0 Å². The predicted octanol–water partition coefficient (Wildman–Crippen LogP) is -3.39. The molecule has 0 aliphatic heterocycles. The van der Waals surface area contributed by atoms with Crippen molar-refractivity contribution in [3.05, 3.63) is 48.0 Å². The van der Waals surface area contributed by atoms with Crippen molar-refractivity contribution in [3.63, 3.8) is 0 Å². The summed E-state index contributed by atoms with van der Waals surface area (Å²) in [4.78, 5) is 21.0. The Morgan fingerprint density at radius 2 is 1.81 bits per heavy atom. The molecule has 0 aliphatic rings. The average molecular weight is 227 g/mol. The summed E-state index contributed by atoms with van der Waals surface area (Å²) in [5, 5.41) is 12.5. The number of benzene rings is 1. The van der Waals surface area contributed by atoms with Crippen LogP contribution in [0.15, 0.2) is 42.5 Å². The van der Waals surface area contributed by atoms with Gasteiger partial charge in [-0.2, -0.15) is 0 Å². The first-order valence-electron chi connectivity index (χ1n) is 4.39. The van der Waals surface area contributed by atoms with Crippen LogP contribution >= 0.6 is 0 Å². The van der Waals surface area contributed by atoms with Gasteiger partial charge in [-0.15, -0.1) is 0 Å². The van der Waals surface area contributed by atoms with Crippen molar-refractivity contribution in [2.75, 3.05) is 0 Å². The van der Waals surface area contributed by atoms with Crippen LogP contribution in [-0.2, 0) is 16.1 Å². The zero-order valence-electron chi connectivity index (χ0n) is 8.97. The number of hydrogen-bond acceptors (Lipinski definition) is 3. The standard InChI is InChI=1S/C11H11NO3.Na/c13-10(6-7-11(14)15)12-8-9-4-2-1-3-5-9;/h1-7H,8H2,(H,12,13)(H,14,15);/q;+1/p-1/b7-6-;. The van der Waals surface area contributed by atoms with Gasteiger partial charge in [0.2, 0.25) is 5.91 Å². The molecule has 0 fully saturated rings. The van der Waals surface area contributed by atoms with Crippen LogP contribution in [0.1, 0.15) is 5.56 Å².